The summed E-state index contributed by atoms with van der Waals surface area (Å²) in [6.07, 6.45) is 2.85. The zero-order chi connectivity index (χ0) is 12.3. The standard InChI is InChI=1S/C12H15NO4/c14-11-6-1-2-7-12(11)17-10-5-3-4-9(8-10)13(15)16/h3-5,8,11-12,14H,1-2,6-7H2/t11-,12-/m0/s1. The van der Waals surface area contributed by atoms with Crippen LogP contribution in [0.25, 0.3) is 0 Å². The predicted octanol–water partition coefficient (Wildman–Crippen LogP) is 2.28. The number of hydrogen-bond donors (Lipinski definition) is 1. The Kier molecular flexibility index (Phi) is 3.58. The number of rotatable bonds is 3. The molecule has 1 aromatic rings. The SMILES string of the molecule is O=[N+]([O-])c1cccc(O[C@H]2CCCC[C@@H]2O)c1. The highest BCUT2D eigenvalue weighted by molar-refractivity contribution is 5.38. The van der Waals surface area contributed by atoms with Crippen LogP contribution in [0.2, 0.25) is 0 Å². The number of nitro groups is 1. The summed E-state index contributed by atoms with van der Waals surface area (Å²) in [4.78, 5) is 10.2. The van der Waals surface area contributed by atoms with Gasteiger partial charge in [-0.15, -0.1) is 0 Å². The first-order valence-corrected chi connectivity index (χ1v) is 5.76. The molecule has 2 rings (SSSR count). The lowest BCUT2D eigenvalue weighted by Crippen LogP contribution is -2.34. The number of non-ortho nitro benzene ring substituents is 1. The molecule has 0 unspecified atom stereocenters. The normalized spacial score (nSPS) is 24.3. The van der Waals surface area contributed by atoms with Gasteiger partial charge in [-0.1, -0.05) is 12.5 Å². The van der Waals surface area contributed by atoms with Crippen molar-refractivity contribution in [2.75, 3.05) is 0 Å². The predicted molar refractivity (Wildman–Crippen MR) is 62.0 cm³/mol. The van der Waals surface area contributed by atoms with Crippen LogP contribution in [0.15, 0.2) is 24.3 Å². The average molecular weight is 237 g/mol. The molecule has 0 radical (unpaired) electrons. The van der Waals surface area contributed by atoms with E-state index in [9.17, 15) is 15.2 Å². The maximum Gasteiger partial charge on any atom is 0.273 e. The molecular weight excluding hydrogens is 222 g/mol. The van der Waals surface area contributed by atoms with Gasteiger partial charge in [-0.2, -0.15) is 0 Å². The number of aliphatic hydroxyl groups is 1. The van der Waals surface area contributed by atoms with E-state index in [-0.39, 0.29) is 11.8 Å². The number of nitrogens with zero attached hydrogens (tertiary/aromatic N) is 1. The van der Waals surface area contributed by atoms with Gasteiger partial charge in [0, 0.05) is 6.07 Å². The van der Waals surface area contributed by atoms with E-state index in [1.165, 1.54) is 12.1 Å². The van der Waals surface area contributed by atoms with E-state index in [0.29, 0.717) is 5.75 Å². The maximum absolute atomic E-state index is 10.6. The lowest BCUT2D eigenvalue weighted by atomic mass is 9.95. The molecule has 1 N–H and O–H groups in total. The molecule has 1 aromatic carbocycles. The molecule has 5 heteroatoms. The van der Waals surface area contributed by atoms with Gasteiger partial charge in [-0.25, -0.2) is 0 Å². The monoisotopic (exact) mass is 237 g/mol. The Hall–Kier alpha value is -1.62. The van der Waals surface area contributed by atoms with Crippen molar-refractivity contribution in [2.45, 2.75) is 37.9 Å². The van der Waals surface area contributed by atoms with Gasteiger partial charge in [0.1, 0.15) is 11.9 Å². The number of aliphatic hydroxyl groups excluding tert-OH is 1. The number of nitro benzene ring substituents is 1. The zero-order valence-corrected chi connectivity index (χ0v) is 9.41. The molecule has 1 aliphatic carbocycles. The summed E-state index contributed by atoms with van der Waals surface area (Å²) in [5.41, 5.74) is 0.00722. The Morgan fingerprint density at radius 1 is 1.35 bits per heavy atom. The molecule has 17 heavy (non-hydrogen) atoms. The van der Waals surface area contributed by atoms with Gasteiger partial charge in [-0.05, 0) is 25.3 Å². The van der Waals surface area contributed by atoms with Gasteiger partial charge < -0.3 is 9.84 Å². The van der Waals surface area contributed by atoms with Gasteiger partial charge in [0.2, 0.25) is 0 Å². The highest BCUT2D eigenvalue weighted by Crippen LogP contribution is 2.26. The van der Waals surface area contributed by atoms with E-state index >= 15 is 0 Å². The quantitative estimate of drug-likeness (QED) is 0.646. The van der Waals surface area contributed by atoms with Gasteiger partial charge in [0.25, 0.3) is 5.69 Å². The molecule has 0 aromatic heterocycles. The lowest BCUT2D eigenvalue weighted by molar-refractivity contribution is -0.385. The maximum atomic E-state index is 10.6. The molecule has 1 saturated carbocycles. The molecule has 0 bridgehead atoms. The van der Waals surface area contributed by atoms with Crippen molar-refractivity contribution >= 4 is 5.69 Å². The van der Waals surface area contributed by atoms with Crippen LogP contribution in [0.5, 0.6) is 5.75 Å². The minimum Gasteiger partial charge on any atom is -0.487 e. The van der Waals surface area contributed by atoms with Crippen LogP contribution < -0.4 is 4.74 Å². The lowest BCUT2D eigenvalue weighted by Gasteiger charge is -2.28. The van der Waals surface area contributed by atoms with Gasteiger partial charge >= 0.3 is 0 Å². The van der Waals surface area contributed by atoms with Crippen LogP contribution in [-0.4, -0.2) is 22.2 Å². The van der Waals surface area contributed by atoms with E-state index in [4.69, 9.17) is 4.74 Å². The Morgan fingerprint density at radius 3 is 2.82 bits per heavy atom. The Balaban J connectivity index is 2.07. The van der Waals surface area contributed by atoms with Crippen LogP contribution in [-0.2, 0) is 0 Å². The Bertz CT molecular complexity index is 407. The van der Waals surface area contributed by atoms with E-state index < -0.39 is 11.0 Å². The molecule has 5 nitrogen and oxygen atoms in total. The summed E-state index contributed by atoms with van der Waals surface area (Å²) in [6, 6.07) is 6.07. The number of hydrogen-bond acceptors (Lipinski definition) is 4. The summed E-state index contributed by atoms with van der Waals surface area (Å²) in [6.45, 7) is 0. The molecule has 0 heterocycles. The summed E-state index contributed by atoms with van der Waals surface area (Å²) in [5, 5.41) is 20.4. The first-order chi connectivity index (χ1) is 8.16. The molecule has 2 atom stereocenters. The molecule has 0 saturated heterocycles. The third kappa shape index (κ3) is 2.94. The highest BCUT2D eigenvalue weighted by atomic mass is 16.6. The van der Waals surface area contributed by atoms with Crippen molar-refractivity contribution in [2.24, 2.45) is 0 Å². The van der Waals surface area contributed by atoms with Crippen LogP contribution in [0.4, 0.5) is 5.69 Å². The first kappa shape index (κ1) is 11.9. The van der Waals surface area contributed by atoms with E-state index in [1.54, 1.807) is 12.1 Å². The second kappa shape index (κ2) is 5.14. The van der Waals surface area contributed by atoms with Gasteiger partial charge in [0.05, 0.1) is 17.1 Å². The van der Waals surface area contributed by atoms with E-state index in [0.717, 1.165) is 25.7 Å². The first-order valence-electron chi connectivity index (χ1n) is 5.76. The topological polar surface area (TPSA) is 72.6 Å². The van der Waals surface area contributed by atoms with Crippen molar-refractivity contribution in [1.82, 2.24) is 0 Å². The molecule has 1 aliphatic rings. The fraction of sp³-hybridized carbons (Fsp3) is 0.500. The summed E-state index contributed by atoms with van der Waals surface area (Å²) in [5.74, 6) is 0.449. The van der Waals surface area contributed by atoms with Crippen molar-refractivity contribution in [3.63, 3.8) is 0 Å². The van der Waals surface area contributed by atoms with E-state index in [2.05, 4.69) is 0 Å². The summed E-state index contributed by atoms with van der Waals surface area (Å²) in [7, 11) is 0. The summed E-state index contributed by atoms with van der Waals surface area (Å²) >= 11 is 0. The fourth-order valence-electron chi connectivity index (χ4n) is 2.06. The fourth-order valence-corrected chi connectivity index (χ4v) is 2.06. The largest absolute Gasteiger partial charge is 0.487 e. The zero-order valence-electron chi connectivity index (χ0n) is 9.41. The molecule has 0 amide bonds. The van der Waals surface area contributed by atoms with Crippen molar-refractivity contribution in [3.05, 3.63) is 34.4 Å². The summed E-state index contributed by atoms with van der Waals surface area (Å²) < 4.78 is 5.60. The molecule has 0 aliphatic heterocycles. The highest BCUT2D eigenvalue weighted by Gasteiger charge is 2.24. The van der Waals surface area contributed by atoms with Crippen LogP contribution in [0.1, 0.15) is 25.7 Å². The van der Waals surface area contributed by atoms with Gasteiger partial charge in [-0.3, -0.25) is 10.1 Å². The third-order valence-corrected chi connectivity index (χ3v) is 2.98. The van der Waals surface area contributed by atoms with Crippen molar-refractivity contribution < 1.29 is 14.8 Å². The van der Waals surface area contributed by atoms with E-state index in [1.807, 2.05) is 0 Å². The molecule has 92 valence electrons. The number of ether oxygens (including phenoxy) is 1. The third-order valence-electron chi connectivity index (χ3n) is 2.98. The van der Waals surface area contributed by atoms with Crippen LogP contribution >= 0.6 is 0 Å². The minimum absolute atomic E-state index is 0.00722. The molecule has 0 spiro atoms. The van der Waals surface area contributed by atoms with Crippen LogP contribution in [0.3, 0.4) is 0 Å². The van der Waals surface area contributed by atoms with Gasteiger partial charge in [0.15, 0.2) is 0 Å². The minimum atomic E-state index is -0.469. The second-order valence-electron chi connectivity index (χ2n) is 4.26. The Morgan fingerprint density at radius 2 is 2.12 bits per heavy atom. The van der Waals surface area contributed by atoms with Crippen molar-refractivity contribution in [3.8, 4) is 5.75 Å². The van der Waals surface area contributed by atoms with Crippen LogP contribution in [0, 0.1) is 10.1 Å². The molecule has 1 fully saturated rings. The smallest absolute Gasteiger partial charge is 0.273 e. The average Bonchev–Trinajstić information content (AvgIpc) is 2.32. The van der Waals surface area contributed by atoms with Crippen molar-refractivity contribution in [1.29, 1.82) is 0 Å². The second-order valence-corrected chi connectivity index (χ2v) is 4.26. The Labute approximate surface area is 99.2 Å². The molecular formula is C12H15NO4. The number of benzene rings is 1.